The maximum Gasteiger partial charge on any atom is 0.178 e. The maximum atomic E-state index is 13.1. The van der Waals surface area contributed by atoms with Crippen molar-refractivity contribution in [2.24, 2.45) is 16.8 Å². The van der Waals surface area contributed by atoms with Crippen LogP contribution < -0.4 is 5.73 Å². The molecule has 210 valence electrons. The van der Waals surface area contributed by atoms with E-state index in [-0.39, 0.29) is 5.78 Å². The molecule has 1 saturated heterocycles. The number of nitrogens with two attached hydrogens (primary N) is 1. The van der Waals surface area contributed by atoms with Crippen molar-refractivity contribution in [3.63, 3.8) is 0 Å². The van der Waals surface area contributed by atoms with Gasteiger partial charge in [0, 0.05) is 35.4 Å². The molecule has 0 radical (unpaired) electrons. The van der Waals surface area contributed by atoms with E-state index in [4.69, 9.17) is 24.8 Å². The Kier molecular flexibility index (Phi) is 13.0. The molecule has 1 aromatic carbocycles. The summed E-state index contributed by atoms with van der Waals surface area (Å²) in [6, 6.07) is 10.4. The molecule has 2 N–H and O–H groups in total. The molecule has 9 heteroatoms. The molecule has 9 nitrogen and oxygen atoms in total. The molecule has 0 amide bonds. The van der Waals surface area contributed by atoms with Crippen LogP contribution in [0, 0.1) is 26.7 Å². The number of oxime groups is 1. The quantitative estimate of drug-likeness (QED) is 0.146. The average Bonchev–Trinajstić information content (AvgIpc) is 3.22. The van der Waals surface area contributed by atoms with Crippen LogP contribution >= 0.6 is 0 Å². The highest BCUT2D eigenvalue weighted by molar-refractivity contribution is 5.99. The van der Waals surface area contributed by atoms with Crippen LogP contribution in [0.1, 0.15) is 40.2 Å². The second kappa shape index (κ2) is 16.4. The number of piperidine rings is 1. The smallest absolute Gasteiger partial charge is 0.178 e. The number of ether oxygens (including phenoxy) is 3. The maximum absolute atomic E-state index is 13.1. The summed E-state index contributed by atoms with van der Waals surface area (Å²) in [5, 5.41) is 4.11. The SMILES string of the molecule is Cc1ccc(-n2c(C)cc(C(=O)CN3CCC(/C=N/OCCOCCOCCOCCN)CC3)c2C)cc1. The number of aryl methyl sites for hydroxylation is 2. The third kappa shape index (κ3) is 9.63. The standard InChI is InChI=1S/C29H44N4O5/c1-23-4-6-27(7-5-23)33-24(2)20-28(25(33)3)29(34)22-32-11-8-26(9-12-32)21-31-38-19-18-37-17-16-36-15-14-35-13-10-30/h4-7,20-21,26H,8-19,22,30H2,1-3H3/b31-21+. The lowest BCUT2D eigenvalue weighted by Gasteiger charge is -2.29. The highest BCUT2D eigenvalue weighted by Gasteiger charge is 2.23. The molecule has 38 heavy (non-hydrogen) atoms. The van der Waals surface area contributed by atoms with Crippen molar-refractivity contribution < 1.29 is 23.8 Å². The zero-order valence-corrected chi connectivity index (χ0v) is 23.2. The lowest BCUT2D eigenvalue weighted by atomic mass is 9.98. The van der Waals surface area contributed by atoms with Crippen LogP contribution in [0.5, 0.6) is 0 Å². The van der Waals surface area contributed by atoms with Crippen LogP contribution in [0.2, 0.25) is 0 Å². The van der Waals surface area contributed by atoms with Crippen LogP contribution in [-0.2, 0) is 19.0 Å². The first-order valence-electron chi connectivity index (χ1n) is 13.6. The highest BCUT2D eigenvalue weighted by atomic mass is 16.6. The number of benzene rings is 1. The molecule has 0 bridgehead atoms. The molecule has 0 atom stereocenters. The number of carbonyl (C=O) groups is 1. The zero-order valence-electron chi connectivity index (χ0n) is 23.2. The van der Waals surface area contributed by atoms with Gasteiger partial charge < -0.3 is 29.3 Å². The minimum atomic E-state index is 0.178. The molecule has 2 aromatic rings. The van der Waals surface area contributed by atoms with E-state index in [1.807, 2.05) is 19.2 Å². The minimum absolute atomic E-state index is 0.178. The summed E-state index contributed by atoms with van der Waals surface area (Å²) in [5.74, 6) is 0.543. The summed E-state index contributed by atoms with van der Waals surface area (Å²) in [6.45, 7) is 12.4. The summed E-state index contributed by atoms with van der Waals surface area (Å²) in [5.41, 5.74) is 10.5. The third-order valence-electron chi connectivity index (χ3n) is 6.69. The first-order valence-corrected chi connectivity index (χ1v) is 13.6. The monoisotopic (exact) mass is 528 g/mol. The number of likely N-dealkylation sites (tertiary alicyclic amines) is 1. The van der Waals surface area contributed by atoms with Crippen molar-refractivity contribution in [2.45, 2.75) is 33.6 Å². The molecule has 3 rings (SSSR count). The van der Waals surface area contributed by atoms with Gasteiger partial charge in [-0.05, 0) is 70.8 Å². The van der Waals surface area contributed by atoms with Gasteiger partial charge in [0.15, 0.2) is 5.78 Å². The predicted molar refractivity (Wildman–Crippen MR) is 149 cm³/mol. The molecule has 0 unspecified atom stereocenters. The fourth-order valence-electron chi connectivity index (χ4n) is 4.59. The molecule has 1 aliphatic heterocycles. The van der Waals surface area contributed by atoms with Crippen LogP contribution in [0.3, 0.4) is 0 Å². The number of Topliss-reactive ketones (excluding diaryl/α,β-unsaturated/α-hetero) is 1. The summed E-state index contributed by atoms with van der Waals surface area (Å²) >= 11 is 0. The molecular weight excluding hydrogens is 484 g/mol. The Bertz CT molecular complexity index is 997. The van der Waals surface area contributed by atoms with Crippen LogP contribution in [0.25, 0.3) is 5.69 Å². The second-order valence-electron chi connectivity index (χ2n) is 9.71. The van der Waals surface area contributed by atoms with Crippen LogP contribution in [0.15, 0.2) is 35.5 Å². The van der Waals surface area contributed by atoms with Gasteiger partial charge in [-0.2, -0.15) is 0 Å². The number of aromatic nitrogens is 1. The predicted octanol–water partition coefficient (Wildman–Crippen LogP) is 3.31. The van der Waals surface area contributed by atoms with E-state index in [0.717, 1.165) is 48.6 Å². The van der Waals surface area contributed by atoms with Gasteiger partial charge in [0.1, 0.15) is 6.61 Å². The first kappa shape index (κ1) is 30.0. The molecular formula is C29H44N4O5. The van der Waals surface area contributed by atoms with E-state index in [1.54, 1.807) is 0 Å². The lowest BCUT2D eigenvalue weighted by Crippen LogP contribution is -2.37. The Hall–Kier alpha value is -2.56. The highest BCUT2D eigenvalue weighted by Crippen LogP contribution is 2.23. The van der Waals surface area contributed by atoms with Gasteiger partial charge in [0.25, 0.3) is 0 Å². The Morgan fingerprint density at radius 1 is 0.947 bits per heavy atom. The van der Waals surface area contributed by atoms with Gasteiger partial charge in [-0.15, -0.1) is 0 Å². The molecule has 1 aromatic heterocycles. The van der Waals surface area contributed by atoms with Crippen molar-refractivity contribution in [1.82, 2.24) is 9.47 Å². The van der Waals surface area contributed by atoms with Crippen molar-refractivity contribution in [3.05, 3.63) is 52.8 Å². The lowest BCUT2D eigenvalue weighted by molar-refractivity contribution is -0.000337. The average molecular weight is 529 g/mol. The first-order chi connectivity index (χ1) is 18.5. The van der Waals surface area contributed by atoms with E-state index in [1.165, 1.54) is 5.56 Å². The Morgan fingerprint density at radius 2 is 1.55 bits per heavy atom. The van der Waals surface area contributed by atoms with Gasteiger partial charge in [-0.3, -0.25) is 9.69 Å². The molecule has 0 aliphatic carbocycles. The van der Waals surface area contributed by atoms with Gasteiger partial charge >= 0.3 is 0 Å². The third-order valence-corrected chi connectivity index (χ3v) is 6.69. The van der Waals surface area contributed by atoms with Crippen molar-refractivity contribution in [3.8, 4) is 5.69 Å². The topological polar surface area (TPSA) is 101 Å². The van der Waals surface area contributed by atoms with Crippen LogP contribution in [0.4, 0.5) is 0 Å². The number of hydrogen-bond acceptors (Lipinski definition) is 8. The fraction of sp³-hybridized carbons (Fsp3) is 0.586. The zero-order chi connectivity index (χ0) is 27.2. The largest absolute Gasteiger partial charge is 0.394 e. The second-order valence-corrected chi connectivity index (χ2v) is 9.71. The fourth-order valence-corrected chi connectivity index (χ4v) is 4.59. The van der Waals surface area contributed by atoms with E-state index >= 15 is 0 Å². The number of ketones is 1. The van der Waals surface area contributed by atoms with Gasteiger partial charge in [0.2, 0.25) is 0 Å². The summed E-state index contributed by atoms with van der Waals surface area (Å²) < 4.78 is 18.2. The van der Waals surface area contributed by atoms with Crippen molar-refractivity contribution in [2.75, 3.05) is 72.4 Å². The van der Waals surface area contributed by atoms with E-state index in [9.17, 15) is 4.79 Å². The van der Waals surface area contributed by atoms with Gasteiger partial charge in [-0.25, -0.2) is 0 Å². The number of hydrogen-bond donors (Lipinski definition) is 1. The molecule has 1 fully saturated rings. The Morgan fingerprint density at radius 3 is 2.18 bits per heavy atom. The molecule has 2 heterocycles. The molecule has 1 aliphatic rings. The van der Waals surface area contributed by atoms with Crippen molar-refractivity contribution in [1.29, 1.82) is 0 Å². The summed E-state index contributed by atoms with van der Waals surface area (Å²) in [6.07, 6.45) is 3.82. The summed E-state index contributed by atoms with van der Waals surface area (Å²) in [4.78, 5) is 20.7. The van der Waals surface area contributed by atoms with Crippen LogP contribution in [-0.4, -0.2) is 93.9 Å². The molecule has 0 saturated carbocycles. The Labute approximate surface area is 226 Å². The van der Waals surface area contributed by atoms with Gasteiger partial charge in [-0.1, -0.05) is 22.9 Å². The summed E-state index contributed by atoms with van der Waals surface area (Å²) in [7, 11) is 0. The molecule has 0 spiro atoms. The normalized spacial score (nSPS) is 14.9. The number of rotatable bonds is 17. The van der Waals surface area contributed by atoms with E-state index in [2.05, 4.69) is 52.7 Å². The van der Waals surface area contributed by atoms with Crippen molar-refractivity contribution >= 4 is 12.0 Å². The Balaban J connectivity index is 1.29. The minimum Gasteiger partial charge on any atom is -0.394 e. The van der Waals surface area contributed by atoms with E-state index < -0.39 is 0 Å². The number of nitrogens with zero attached hydrogens (tertiary/aromatic N) is 3. The van der Waals surface area contributed by atoms with Gasteiger partial charge in [0.05, 0.1) is 46.2 Å². The van der Waals surface area contributed by atoms with E-state index in [0.29, 0.717) is 65.3 Å². The number of carbonyl (C=O) groups excluding carboxylic acids is 1.